The molecule has 0 saturated heterocycles. The van der Waals surface area contributed by atoms with Crippen LogP contribution in [0.1, 0.15) is 44.4 Å². The van der Waals surface area contributed by atoms with Gasteiger partial charge in [0, 0.05) is 18.0 Å². The van der Waals surface area contributed by atoms with Crippen LogP contribution in [0.15, 0.2) is 54.6 Å². The van der Waals surface area contributed by atoms with Crippen molar-refractivity contribution in [2.75, 3.05) is 6.54 Å². The van der Waals surface area contributed by atoms with Crippen LogP contribution < -0.4 is 10.6 Å². The lowest BCUT2D eigenvalue weighted by Crippen LogP contribution is -2.36. The Bertz CT molecular complexity index is 771. The van der Waals surface area contributed by atoms with Crippen molar-refractivity contribution in [1.29, 1.82) is 0 Å². The second-order valence-corrected chi connectivity index (χ2v) is 7.98. The molecule has 0 aliphatic rings. The molecule has 1 atom stereocenters. The van der Waals surface area contributed by atoms with Gasteiger partial charge in [0.1, 0.15) is 5.60 Å². The van der Waals surface area contributed by atoms with Gasteiger partial charge in [-0.3, -0.25) is 4.79 Å². The minimum Gasteiger partial charge on any atom is -0.444 e. The molecule has 0 radical (unpaired) electrons. The second kappa shape index (κ2) is 10.1. The summed E-state index contributed by atoms with van der Waals surface area (Å²) in [4.78, 5) is 24.1. The van der Waals surface area contributed by atoms with E-state index in [1.54, 1.807) is 20.8 Å². The predicted octanol–water partition coefficient (Wildman–Crippen LogP) is 4.65. The van der Waals surface area contributed by atoms with E-state index in [1.807, 2.05) is 54.6 Å². The summed E-state index contributed by atoms with van der Waals surface area (Å²) in [5, 5.41) is 6.33. The lowest BCUT2D eigenvalue weighted by molar-refractivity contribution is -0.121. The molecule has 0 fully saturated rings. The molecule has 28 heavy (non-hydrogen) atoms. The number of carbonyl (C=O) groups excluding carboxylic acids is 2. The molecule has 150 valence electrons. The first-order valence-electron chi connectivity index (χ1n) is 9.28. The molecule has 5 nitrogen and oxygen atoms in total. The Morgan fingerprint density at radius 2 is 1.68 bits per heavy atom. The minimum absolute atomic E-state index is 0.140. The van der Waals surface area contributed by atoms with E-state index in [-0.39, 0.29) is 24.9 Å². The van der Waals surface area contributed by atoms with E-state index in [0.717, 1.165) is 11.1 Å². The van der Waals surface area contributed by atoms with E-state index in [2.05, 4.69) is 10.6 Å². The van der Waals surface area contributed by atoms with Crippen LogP contribution in [-0.2, 0) is 16.0 Å². The molecular weight excluding hydrogens is 376 g/mol. The first kappa shape index (κ1) is 21.8. The van der Waals surface area contributed by atoms with Crippen LogP contribution in [0.4, 0.5) is 4.79 Å². The number of hydrogen-bond acceptors (Lipinski definition) is 3. The molecule has 2 aromatic rings. The highest BCUT2D eigenvalue weighted by molar-refractivity contribution is 6.30. The molecule has 2 aromatic carbocycles. The zero-order valence-electron chi connectivity index (χ0n) is 16.5. The number of benzene rings is 2. The number of amides is 2. The van der Waals surface area contributed by atoms with Crippen molar-refractivity contribution in [3.05, 3.63) is 70.7 Å². The van der Waals surface area contributed by atoms with Gasteiger partial charge in [-0.2, -0.15) is 0 Å². The summed E-state index contributed by atoms with van der Waals surface area (Å²) in [5.74, 6) is -0.140. The van der Waals surface area contributed by atoms with Crippen LogP contribution in [-0.4, -0.2) is 24.1 Å². The molecule has 2 rings (SSSR count). The topological polar surface area (TPSA) is 67.4 Å². The van der Waals surface area contributed by atoms with E-state index in [0.29, 0.717) is 11.4 Å². The normalized spacial score (nSPS) is 12.1. The van der Waals surface area contributed by atoms with E-state index < -0.39 is 11.7 Å². The monoisotopic (exact) mass is 402 g/mol. The lowest BCUT2D eigenvalue weighted by Gasteiger charge is -2.21. The largest absolute Gasteiger partial charge is 0.444 e. The van der Waals surface area contributed by atoms with Crippen molar-refractivity contribution in [1.82, 2.24) is 10.6 Å². The third-order valence-electron chi connectivity index (χ3n) is 3.91. The van der Waals surface area contributed by atoms with Crippen molar-refractivity contribution < 1.29 is 14.3 Å². The van der Waals surface area contributed by atoms with Crippen LogP contribution in [0.3, 0.4) is 0 Å². The predicted molar refractivity (Wildman–Crippen MR) is 111 cm³/mol. The summed E-state index contributed by atoms with van der Waals surface area (Å²) in [6, 6.07) is 17.2. The van der Waals surface area contributed by atoms with Gasteiger partial charge in [-0.05, 0) is 50.5 Å². The van der Waals surface area contributed by atoms with Crippen LogP contribution in [0.2, 0.25) is 5.02 Å². The quantitative estimate of drug-likeness (QED) is 0.708. The number of alkyl carbamates (subject to hydrolysis) is 1. The zero-order chi connectivity index (χ0) is 20.6. The third-order valence-corrected chi connectivity index (χ3v) is 4.16. The standard InChI is InChI=1S/C22H27ClN2O3/c1-22(2,3)28-21(27)24-14-13-20(26)25-19(17-7-5-4-6-8-17)15-16-9-11-18(23)12-10-16/h4-12,19H,13-15H2,1-3H3,(H,24,27)(H,25,26). The van der Waals surface area contributed by atoms with Gasteiger partial charge in [0.05, 0.1) is 6.04 Å². The van der Waals surface area contributed by atoms with Crippen LogP contribution >= 0.6 is 11.6 Å². The number of rotatable bonds is 7. The van der Waals surface area contributed by atoms with E-state index in [1.165, 1.54) is 0 Å². The average molecular weight is 403 g/mol. The highest BCUT2D eigenvalue weighted by Crippen LogP contribution is 2.20. The smallest absolute Gasteiger partial charge is 0.407 e. The molecule has 0 aliphatic carbocycles. The Hall–Kier alpha value is -2.53. The Morgan fingerprint density at radius 1 is 1.04 bits per heavy atom. The molecule has 0 saturated carbocycles. The maximum Gasteiger partial charge on any atom is 0.407 e. The third kappa shape index (κ3) is 8.01. The number of hydrogen-bond donors (Lipinski definition) is 2. The summed E-state index contributed by atoms with van der Waals surface area (Å²) in [6.07, 6.45) is 0.288. The first-order valence-corrected chi connectivity index (χ1v) is 9.66. The van der Waals surface area contributed by atoms with Gasteiger partial charge in [0.2, 0.25) is 5.91 Å². The molecule has 0 heterocycles. The molecule has 0 bridgehead atoms. The van der Waals surface area contributed by atoms with Crippen LogP contribution in [0.25, 0.3) is 0 Å². The fraction of sp³-hybridized carbons (Fsp3) is 0.364. The van der Waals surface area contributed by atoms with Gasteiger partial charge < -0.3 is 15.4 Å². The van der Waals surface area contributed by atoms with Gasteiger partial charge in [0.15, 0.2) is 0 Å². The molecule has 6 heteroatoms. The molecule has 0 spiro atoms. The van der Waals surface area contributed by atoms with Crippen molar-refractivity contribution in [2.45, 2.75) is 45.3 Å². The Labute approximate surface area is 171 Å². The highest BCUT2D eigenvalue weighted by atomic mass is 35.5. The Morgan fingerprint density at radius 3 is 2.29 bits per heavy atom. The highest BCUT2D eigenvalue weighted by Gasteiger charge is 2.17. The molecule has 0 aliphatic heterocycles. The number of carbonyl (C=O) groups is 2. The number of nitrogens with one attached hydrogen (secondary N) is 2. The Kier molecular flexibility index (Phi) is 7.88. The Balaban J connectivity index is 1.93. The SMILES string of the molecule is CC(C)(C)OC(=O)NCCC(=O)NC(Cc1ccc(Cl)cc1)c1ccccc1. The molecule has 2 N–H and O–H groups in total. The van der Waals surface area contributed by atoms with Gasteiger partial charge in [0.25, 0.3) is 0 Å². The summed E-state index contributed by atoms with van der Waals surface area (Å²) < 4.78 is 5.17. The summed E-state index contributed by atoms with van der Waals surface area (Å²) >= 11 is 5.96. The number of halogens is 1. The zero-order valence-corrected chi connectivity index (χ0v) is 17.3. The van der Waals surface area contributed by atoms with Crippen LogP contribution in [0, 0.1) is 0 Å². The average Bonchev–Trinajstić information content (AvgIpc) is 2.62. The maximum absolute atomic E-state index is 12.4. The summed E-state index contributed by atoms with van der Waals surface area (Å²) in [6.45, 7) is 5.59. The summed E-state index contributed by atoms with van der Waals surface area (Å²) in [5.41, 5.74) is 1.53. The molecular formula is C22H27ClN2O3. The number of ether oxygens (including phenoxy) is 1. The van der Waals surface area contributed by atoms with Gasteiger partial charge in [-0.25, -0.2) is 4.79 Å². The van der Waals surface area contributed by atoms with Crippen molar-refractivity contribution in [3.63, 3.8) is 0 Å². The minimum atomic E-state index is -0.566. The van der Waals surface area contributed by atoms with Gasteiger partial charge in [-0.1, -0.05) is 54.1 Å². The maximum atomic E-state index is 12.4. The van der Waals surface area contributed by atoms with Crippen molar-refractivity contribution in [3.8, 4) is 0 Å². The molecule has 2 amide bonds. The van der Waals surface area contributed by atoms with Gasteiger partial charge >= 0.3 is 6.09 Å². The molecule has 1 unspecified atom stereocenters. The fourth-order valence-corrected chi connectivity index (χ4v) is 2.78. The van der Waals surface area contributed by atoms with E-state index in [9.17, 15) is 9.59 Å². The van der Waals surface area contributed by atoms with Crippen molar-refractivity contribution in [2.24, 2.45) is 0 Å². The van der Waals surface area contributed by atoms with E-state index >= 15 is 0 Å². The lowest BCUT2D eigenvalue weighted by atomic mass is 9.98. The second-order valence-electron chi connectivity index (χ2n) is 7.54. The van der Waals surface area contributed by atoms with Crippen molar-refractivity contribution >= 4 is 23.6 Å². The van der Waals surface area contributed by atoms with E-state index in [4.69, 9.17) is 16.3 Å². The fourth-order valence-electron chi connectivity index (χ4n) is 2.65. The first-order chi connectivity index (χ1) is 13.2. The van der Waals surface area contributed by atoms with Gasteiger partial charge in [-0.15, -0.1) is 0 Å². The molecule has 0 aromatic heterocycles. The van der Waals surface area contributed by atoms with Crippen LogP contribution in [0.5, 0.6) is 0 Å². The summed E-state index contributed by atoms with van der Waals surface area (Å²) in [7, 11) is 0.